The van der Waals surface area contributed by atoms with Crippen LogP contribution in [0.1, 0.15) is 41.6 Å². The highest BCUT2D eigenvalue weighted by Gasteiger charge is 2.45. The third-order valence-corrected chi connectivity index (χ3v) is 6.80. The zero-order valence-electron chi connectivity index (χ0n) is 19.7. The van der Waals surface area contributed by atoms with Crippen molar-refractivity contribution in [3.05, 3.63) is 100 Å². The van der Waals surface area contributed by atoms with Crippen molar-refractivity contribution in [2.24, 2.45) is 4.99 Å². The molecule has 0 radical (unpaired) electrons. The molecule has 0 spiro atoms. The van der Waals surface area contributed by atoms with Gasteiger partial charge in [0, 0.05) is 18.0 Å². The molecule has 2 aliphatic heterocycles. The van der Waals surface area contributed by atoms with Crippen molar-refractivity contribution in [2.45, 2.75) is 24.9 Å². The van der Waals surface area contributed by atoms with Crippen molar-refractivity contribution in [1.82, 2.24) is 9.80 Å². The van der Waals surface area contributed by atoms with Gasteiger partial charge in [-0.25, -0.2) is 9.18 Å². The number of aliphatic imine (C=N–C) groups is 1. The van der Waals surface area contributed by atoms with Gasteiger partial charge in [0.2, 0.25) is 0 Å². The van der Waals surface area contributed by atoms with Gasteiger partial charge in [0.05, 0.1) is 25.3 Å². The molecule has 5 rings (SSSR count). The number of hydrogen-bond donors (Lipinski definition) is 0. The van der Waals surface area contributed by atoms with Crippen LogP contribution < -0.4 is 4.74 Å². The Bertz CT molecular complexity index is 1330. The summed E-state index contributed by atoms with van der Waals surface area (Å²) in [6, 6.07) is 19.3. The van der Waals surface area contributed by atoms with Crippen LogP contribution in [0.4, 0.5) is 9.18 Å². The van der Waals surface area contributed by atoms with E-state index >= 15 is 0 Å². The minimum absolute atomic E-state index is 0.0149. The number of halogens is 2. The number of carbonyl (C=O) groups is 2. The van der Waals surface area contributed by atoms with E-state index in [0.717, 1.165) is 5.56 Å². The molecule has 1 saturated heterocycles. The normalized spacial score (nSPS) is 19.9. The first-order valence-electron chi connectivity index (χ1n) is 11.8. The molecule has 2 unspecified atom stereocenters. The smallest absolute Gasteiger partial charge is 0.326 e. The number of nitrogens with zero attached hydrogens (tertiary/aromatic N) is 3. The zero-order chi connectivity index (χ0) is 25.2. The molecular formula is C28H25ClFN3O3. The van der Waals surface area contributed by atoms with Crippen LogP contribution in [0, 0.1) is 5.82 Å². The summed E-state index contributed by atoms with van der Waals surface area (Å²) in [5, 5.41) is 0.577. The Morgan fingerprint density at radius 2 is 1.83 bits per heavy atom. The van der Waals surface area contributed by atoms with Crippen LogP contribution >= 0.6 is 11.6 Å². The van der Waals surface area contributed by atoms with Crippen LogP contribution in [0.15, 0.2) is 77.8 Å². The number of Topliss-reactive ketones (excluding diaryl/α,β-unsaturated/α-hetero) is 1. The number of piperidine rings is 1. The van der Waals surface area contributed by atoms with Crippen molar-refractivity contribution in [3.8, 4) is 5.75 Å². The van der Waals surface area contributed by atoms with E-state index in [-0.39, 0.29) is 18.4 Å². The summed E-state index contributed by atoms with van der Waals surface area (Å²) in [6.45, 7) is 0.498. The molecule has 3 aromatic carbocycles. The Morgan fingerprint density at radius 1 is 1.06 bits per heavy atom. The Labute approximate surface area is 214 Å². The minimum atomic E-state index is -0.647. The van der Waals surface area contributed by atoms with Crippen LogP contribution in [0.25, 0.3) is 0 Å². The minimum Gasteiger partial charge on any atom is -0.496 e. The van der Waals surface area contributed by atoms with Gasteiger partial charge in [-0.05, 0) is 53.9 Å². The number of likely N-dealkylation sites (tertiary alicyclic amines) is 1. The predicted octanol–water partition coefficient (Wildman–Crippen LogP) is 5.82. The first kappa shape index (κ1) is 24.0. The predicted molar refractivity (Wildman–Crippen MR) is 136 cm³/mol. The monoisotopic (exact) mass is 505 g/mol. The van der Waals surface area contributed by atoms with Gasteiger partial charge in [-0.15, -0.1) is 0 Å². The number of ether oxygens (including phenoxy) is 1. The number of para-hydroxylation sites is 1. The zero-order valence-corrected chi connectivity index (χ0v) is 20.5. The van der Waals surface area contributed by atoms with E-state index in [1.807, 2.05) is 30.3 Å². The quantitative estimate of drug-likeness (QED) is 0.449. The van der Waals surface area contributed by atoms with Crippen molar-refractivity contribution < 1.29 is 18.7 Å². The molecule has 0 bridgehead atoms. The Balaban J connectivity index is 1.70. The summed E-state index contributed by atoms with van der Waals surface area (Å²) in [6.07, 6.45) is 1.06. The number of carbonyl (C=O) groups excluding carboxylic acids is 2. The maximum Gasteiger partial charge on any atom is 0.326 e. The van der Waals surface area contributed by atoms with E-state index in [1.54, 1.807) is 47.2 Å². The maximum absolute atomic E-state index is 14.4. The molecule has 0 N–H and O–H groups in total. The molecule has 0 aliphatic carbocycles. The highest BCUT2D eigenvalue weighted by molar-refractivity contribution is 6.30. The van der Waals surface area contributed by atoms with Gasteiger partial charge >= 0.3 is 6.03 Å². The number of methoxy groups -OCH3 is 1. The van der Waals surface area contributed by atoms with E-state index in [4.69, 9.17) is 21.3 Å². The van der Waals surface area contributed by atoms with Gasteiger partial charge in [-0.1, -0.05) is 48.0 Å². The van der Waals surface area contributed by atoms with Gasteiger partial charge in [-0.2, -0.15) is 0 Å². The fraction of sp³-hybridized carbons (Fsp3) is 0.250. The van der Waals surface area contributed by atoms with Crippen LogP contribution in [0.3, 0.4) is 0 Å². The van der Waals surface area contributed by atoms with Crippen molar-refractivity contribution in [2.75, 3.05) is 20.2 Å². The lowest BCUT2D eigenvalue weighted by Crippen LogP contribution is -2.50. The van der Waals surface area contributed by atoms with E-state index in [2.05, 4.69) is 0 Å². The lowest BCUT2D eigenvalue weighted by atomic mass is 9.93. The Morgan fingerprint density at radius 3 is 2.56 bits per heavy atom. The molecule has 2 aliphatic rings. The van der Waals surface area contributed by atoms with Gasteiger partial charge in [0.25, 0.3) is 0 Å². The maximum atomic E-state index is 14.4. The van der Waals surface area contributed by atoms with Gasteiger partial charge in [0.1, 0.15) is 23.4 Å². The Hall–Kier alpha value is -3.71. The molecule has 8 heteroatoms. The molecule has 2 amide bonds. The van der Waals surface area contributed by atoms with Crippen LogP contribution in [-0.4, -0.2) is 47.6 Å². The second-order valence-corrected chi connectivity index (χ2v) is 9.30. The summed E-state index contributed by atoms with van der Waals surface area (Å²) < 4.78 is 20.0. The lowest BCUT2D eigenvalue weighted by molar-refractivity contribution is -0.121. The molecule has 6 nitrogen and oxygen atoms in total. The van der Waals surface area contributed by atoms with Crippen molar-refractivity contribution in [3.63, 3.8) is 0 Å². The second-order valence-electron chi connectivity index (χ2n) is 8.87. The van der Waals surface area contributed by atoms with Gasteiger partial charge in [0.15, 0.2) is 5.78 Å². The van der Waals surface area contributed by atoms with E-state index in [9.17, 15) is 14.0 Å². The number of amides is 2. The van der Waals surface area contributed by atoms with Crippen molar-refractivity contribution >= 4 is 29.3 Å². The first-order valence-corrected chi connectivity index (χ1v) is 12.2. The van der Waals surface area contributed by atoms with Crippen LogP contribution in [-0.2, 0) is 4.79 Å². The molecule has 0 aromatic heterocycles. The van der Waals surface area contributed by atoms with E-state index < -0.39 is 17.9 Å². The first-order chi connectivity index (χ1) is 17.5. The fourth-order valence-electron chi connectivity index (χ4n) is 4.87. The summed E-state index contributed by atoms with van der Waals surface area (Å²) >= 11 is 6.15. The van der Waals surface area contributed by atoms with Crippen molar-refractivity contribution in [1.29, 1.82) is 0 Å². The highest BCUT2D eigenvalue weighted by Crippen LogP contribution is 2.45. The molecule has 3 aromatic rings. The number of urea groups is 1. The topological polar surface area (TPSA) is 62.2 Å². The molecule has 184 valence electrons. The number of rotatable bonds is 4. The van der Waals surface area contributed by atoms with Gasteiger partial charge < -0.3 is 9.64 Å². The molecule has 1 fully saturated rings. The van der Waals surface area contributed by atoms with Crippen LogP contribution in [0.2, 0.25) is 5.02 Å². The molecule has 0 saturated carbocycles. The SMILES string of the molecule is COc1ccccc1C1=NC(c2ccc(Cl)cc2)C(c2cccc(F)c2)N1C(=O)N1CCCC(=O)C1. The van der Waals surface area contributed by atoms with Crippen LogP contribution in [0.5, 0.6) is 5.75 Å². The summed E-state index contributed by atoms with van der Waals surface area (Å²) in [5.74, 6) is 0.568. The number of ketones is 1. The van der Waals surface area contributed by atoms with E-state index in [0.29, 0.717) is 47.1 Å². The third-order valence-electron chi connectivity index (χ3n) is 6.54. The standard InChI is InChI=1S/C28H25ClFN3O3/c1-36-24-10-3-2-9-23(24)27-31-25(18-11-13-20(29)14-12-18)26(19-6-4-7-21(30)16-19)33(27)28(35)32-15-5-8-22(34)17-32/h2-4,6-7,9-14,16,25-26H,5,8,15,17H2,1H3. The Kier molecular flexibility index (Phi) is 6.74. The second kappa shape index (κ2) is 10.1. The average Bonchev–Trinajstić information content (AvgIpc) is 3.29. The largest absolute Gasteiger partial charge is 0.496 e. The number of amidine groups is 1. The number of benzene rings is 3. The summed E-state index contributed by atoms with van der Waals surface area (Å²) in [4.78, 5) is 34.5. The average molecular weight is 506 g/mol. The lowest BCUT2D eigenvalue weighted by Gasteiger charge is -2.35. The number of hydrogen-bond acceptors (Lipinski definition) is 4. The molecule has 2 heterocycles. The fourth-order valence-corrected chi connectivity index (χ4v) is 4.99. The summed E-state index contributed by atoms with van der Waals surface area (Å²) in [5.41, 5.74) is 2.06. The third kappa shape index (κ3) is 4.58. The molecular weight excluding hydrogens is 481 g/mol. The summed E-state index contributed by atoms with van der Waals surface area (Å²) in [7, 11) is 1.56. The molecule has 2 atom stereocenters. The van der Waals surface area contributed by atoms with Gasteiger partial charge in [-0.3, -0.25) is 14.7 Å². The highest BCUT2D eigenvalue weighted by atomic mass is 35.5. The molecule has 36 heavy (non-hydrogen) atoms. The van der Waals surface area contributed by atoms with E-state index in [1.165, 1.54) is 12.1 Å².